The average Bonchev–Trinajstić information content (AvgIpc) is 2.25. The van der Waals surface area contributed by atoms with Crippen LogP contribution in [0.3, 0.4) is 0 Å². The number of hydrazine groups is 1. The van der Waals surface area contributed by atoms with Crippen LogP contribution in [0.1, 0.15) is 32.1 Å². The highest BCUT2D eigenvalue weighted by atomic mass is 16.4. The number of carboxylic acid groups (broad SMARTS) is 1. The van der Waals surface area contributed by atoms with Crippen molar-refractivity contribution in [2.24, 2.45) is 5.92 Å². The van der Waals surface area contributed by atoms with E-state index in [0.29, 0.717) is 0 Å². The standard InChI is InChI=1S/C11H21N3O3/c1-14(2)13-11(17)12-9(10(15)16)8-6-4-3-5-7-8/h8-9H,3-7H2,1-2H3,(H,15,16)(H2,12,13,17). The molecule has 1 atom stereocenters. The van der Waals surface area contributed by atoms with E-state index in [1.165, 1.54) is 5.01 Å². The molecule has 0 heterocycles. The number of nitrogens with zero attached hydrogens (tertiary/aromatic N) is 1. The van der Waals surface area contributed by atoms with E-state index >= 15 is 0 Å². The normalized spacial score (nSPS) is 18.8. The third kappa shape index (κ3) is 4.60. The van der Waals surface area contributed by atoms with Crippen LogP contribution in [0, 0.1) is 5.92 Å². The number of urea groups is 1. The largest absolute Gasteiger partial charge is 0.480 e. The molecule has 0 spiro atoms. The highest BCUT2D eigenvalue weighted by Crippen LogP contribution is 2.26. The average molecular weight is 243 g/mol. The Morgan fingerprint density at radius 1 is 1.24 bits per heavy atom. The van der Waals surface area contributed by atoms with Gasteiger partial charge < -0.3 is 10.4 Å². The Morgan fingerprint density at radius 2 is 1.82 bits per heavy atom. The molecule has 1 aliphatic carbocycles. The monoisotopic (exact) mass is 243 g/mol. The lowest BCUT2D eigenvalue weighted by Crippen LogP contribution is -2.52. The van der Waals surface area contributed by atoms with Crippen LogP contribution < -0.4 is 10.7 Å². The maximum atomic E-state index is 11.5. The van der Waals surface area contributed by atoms with Crippen LogP contribution in [0.25, 0.3) is 0 Å². The van der Waals surface area contributed by atoms with Crippen molar-refractivity contribution in [1.82, 2.24) is 15.8 Å². The molecule has 2 amide bonds. The second kappa shape index (κ2) is 6.44. The number of hydrogen-bond donors (Lipinski definition) is 3. The summed E-state index contributed by atoms with van der Waals surface area (Å²) in [5.41, 5.74) is 2.49. The SMILES string of the molecule is CN(C)NC(=O)NC(C(=O)O)C1CCCCC1. The van der Waals surface area contributed by atoms with Crippen LogP contribution in [-0.2, 0) is 4.79 Å². The molecule has 3 N–H and O–H groups in total. The number of carbonyl (C=O) groups excluding carboxylic acids is 1. The van der Waals surface area contributed by atoms with E-state index in [1.54, 1.807) is 14.1 Å². The summed E-state index contributed by atoms with van der Waals surface area (Å²) >= 11 is 0. The van der Waals surface area contributed by atoms with E-state index in [9.17, 15) is 9.59 Å². The molecule has 1 aliphatic rings. The number of carboxylic acids is 1. The minimum atomic E-state index is -0.953. The molecule has 0 aliphatic heterocycles. The van der Waals surface area contributed by atoms with Crippen LogP contribution in [0.5, 0.6) is 0 Å². The summed E-state index contributed by atoms with van der Waals surface area (Å²) in [6.45, 7) is 0. The number of aliphatic carboxylic acids is 1. The Kier molecular flexibility index (Phi) is 5.21. The fraction of sp³-hybridized carbons (Fsp3) is 0.818. The lowest BCUT2D eigenvalue weighted by Gasteiger charge is -2.28. The van der Waals surface area contributed by atoms with Gasteiger partial charge in [-0.25, -0.2) is 14.6 Å². The van der Waals surface area contributed by atoms with Gasteiger partial charge in [-0.3, -0.25) is 5.43 Å². The molecule has 0 aromatic carbocycles. The van der Waals surface area contributed by atoms with Crippen molar-refractivity contribution in [3.63, 3.8) is 0 Å². The summed E-state index contributed by atoms with van der Waals surface area (Å²) < 4.78 is 0. The molecule has 0 bridgehead atoms. The van der Waals surface area contributed by atoms with E-state index in [4.69, 9.17) is 5.11 Å². The molecule has 6 nitrogen and oxygen atoms in total. The zero-order valence-electron chi connectivity index (χ0n) is 10.4. The van der Waals surface area contributed by atoms with Gasteiger partial charge >= 0.3 is 12.0 Å². The Labute approximate surface area is 101 Å². The first-order valence-electron chi connectivity index (χ1n) is 5.98. The molecular formula is C11H21N3O3. The van der Waals surface area contributed by atoms with Crippen LogP contribution in [0.4, 0.5) is 4.79 Å². The second-order valence-corrected chi connectivity index (χ2v) is 4.69. The number of rotatable bonds is 4. The lowest BCUT2D eigenvalue weighted by atomic mass is 9.84. The first-order chi connectivity index (χ1) is 8.00. The zero-order valence-corrected chi connectivity index (χ0v) is 10.4. The Morgan fingerprint density at radius 3 is 2.29 bits per heavy atom. The minimum Gasteiger partial charge on any atom is -0.480 e. The van der Waals surface area contributed by atoms with Crippen molar-refractivity contribution in [3.8, 4) is 0 Å². The van der Waals surface area contributed by atoms with Crippen molar-refractivity contribution in [1.29, 1.82) is 0 Å². The van der Waals surface area contributed by atoms with Crippen LogP contribution in [-0.4, -0.2) is 42.3 Å². The van der Waals surface area contributed by atoms with Gasteiger partial charge in [-0.1, -0.05) is 19.3 Å². The van der Waals surface area contributed by atoms with Gasteiger partial charge in [0.2, 0.25) is 0 Å². The van der Waals surface area contributed by atoms with Crippen LogP contribution in [0.2, 0.25) is 0 Å². The number of carbonyl (C=O) groups is 2. The molecule has 0 aromatic heterocycles. The predicted octanol–water partition coefficient (Wildman–Crippen LogP) is 0.796. The summed E-state index contributed by atoms with van der Waals surface area (Å²) in [6, 6.07) is -1.25. The van der Waals surface area contributed by atoms with Gasteiger partial charge in [0.15, 0.2) is 0 Å². The van der Waals surface area contributed by atoms with E-state index in [2.05, 4.69) is 10.7 Å². The Bertz CT molecular complexity index is 275. The van der Waals surface area contributed by atoms with Gasteiger partial charge in [0.05, 0.1) is 0 Å². The number of nitrogens with one attached hydrogen (secondary N) is 2. The molecule has 0 radical (unpaired) electrons. The van der Waals surface area contributed by atoms with E-state index < -0.39 is 18.0 Å². The molecule has 1 rings (SSSR count). The Hall–Kier alpha value is -1.30. The summed E-state index contributed by atoms with van der Waals surface area (Å²) in [4.78, 5) is 22.6. The number of hydrogen-bond acceptors (Lipinski definition) is 3. The highest BCUT2D eigenvalue weighted by molar-refractivity contribution is 5.82. The summed E-state index contributed by atoms with van der Waals surface area (Å²) in [5.74, 6) is -0.903. The molecular weight excluding hydrogens is 222 g/mol. The predicted molar refractivity (Wildman–Crippen MR) is 63.4 cm³/mol. The van der Waals surface area contributed by atoms with Crippen LogP contribution in [0.15, 0.2) is 0 Å². The maximum Gasteiger partial charge on any atom is 0.330 e. The van der Waals surface area contributed by atoms with Crippen molar-refractivity contribution in [3.05, 3.63) is 0 Å². The van der Waals surface area contributed by atoms with Gasteiger partial charge in [-0.05, 0) is 18.8 Å². The molecule has 6 heteroatoms. The first-order valence-corrected chi connectivity index (χ1v) is 5.98. The molecule has 1 fully saturated rings. The molecule has 1 saturated carbocycles. The second-order valence-electron chi connectivity index (χ2n) is 4.69. The topological polar surface area (TPSA) is 81.7 Å². The fourth-order valence-corrected chi connectivity index (χ4v) is 2.23. The summed E-state index contributed by atoms with van der Waals surface area (Å²) in [6.07, 6.45) is 5.00. The molecule has 0 aromatic rings. The van der Waals surface area contributed by atoms with Crippen molar-refractivity contribution < 1.29 is 14.7 Å². The van der Waals surface area contributed by atoms with Gasteiger partial charge in [0.25, 0.3) is 0 Å². The third-order valence-electron chi connectivity index (χ3n) is 3.00. The highest BCUT2D eigenvalue weighted by Gasteiger charge is 2.30. The molecule has 0 saturated heterocycles. The van der Waals surface area contributed by atoms with Crippen molar-refractivity contribution in [2.75, 3.05) is 14.1 Å². The first kappa shape index (κ1) is 13.8. The van der Waals surface area contributed by atoms with Crippen LogP contribution >= 0.6 is 0 Å². The smallest absolute Gasteiger partial charge is 0.330 e. The van der Waals surface area contributed by atoms with E-state index in [-0.39, 0.29) is 5.92 Å². The molecule has 1 unspecified atom stereocenters. The summed E-state index contributed by atoms with van der Waals surface area (Å²) in [5, 5.41) is 13.2. The minimum absolute atomic E-state index is 0.0502. The maximum absolute atomic E-state index is 11.5. The van der Waals surface area contributed by atoms with Gasteiger partial charge in [0.1, 0.15) is 6.04 Å². The van der Waals surface area contributed by atoms with E-state index in [0.717, 1.165) is 32.1 Å². The van der Waals surface area contributed by atoms with Crippen molar-refractivity contribution >= 4 is 12.0 Å². The van der Waals surface area contributed by atoms with Gasteiger partial charge in [0, 0.05) is 14.1 Å². The zero-order chi connectivity index (χ0) is 12.8. The summed E-state index contributed by atoms with van der Waals surface area (Å²) in [7, 11) is 3.35. The quantitative estimate of drug-likeness (QED) is 0.638. The molecule has 17 heavy (non-hydrogen) atoms. The fourth-order valence-electron chi connectivity index (χ4n) is 2.23. The Balaban J connectivity index is 2.53. The lowest BCUT2D eigenvalue weighted by molar-refractivity contribution is -0.141. The third-order valence-corrected chi connectivity index (χ3v) is 3.00. The van der Waals surface area contributed by atoms with Crippen molar-refractivity contribution in [2.45, 2.75) is 38.1 Å². The van der Waals surface area contributed by atoms with E-state index in [1.807, 2.05) is 0 Å². The number of amides is 2. The van der Waals surface area contributed by atoms with Gasteiger partial charge in [-0.15, -0.1) is 0 Å². The van der Waals surface area contributed by atoms with Gasteiger partial charge in [-0.2, -0.15) is 0 Å². The molecule has 98 valence electrons.